The van der Waals surface area contributed by atoms with Crippen molar-refractivity contribution < 1.29 is 9.21 Å². The van der Waals surface area contributed by atoms with E-state index in [1.807, 2.05) is 0 Å². The highest BCUT2D eigenvalue weighted by atomic mass is 79.9. The lowest BCUT2D eigenvalue weighted by Gasteiger charge is -2.10. The minimum atomic E-state index is -0.0238. The third kappa shape index (κ3) is 2.67. The van der Waals surface area contributed by atoms with Gasteiger partial charge in [-0.05, 0) is 38.2 Å². The van der Waals surface area contributed by atoms with Crippen LogP contribution in [-0.2, 0) is 0 Å². The summed E-state index contributed by atoms with van der Waals surface area (Å²) in [5.74, 6) is 1.27. The molecule has 1 fully saturated rings. The van der Waals surface area contributed by atoms with Crippen molar-refractivity contribution >= 4 is 21.8 Å². The average molecular weight is 286 g/mol. The third-order valence-corrected chi connectivity index (χ3v) is 3.96. The molecule has 1 saturated carbocycles. The number of aryl methyl sites for hydroxylation is 1. The zero-order valence-corrected chi connectivity index (χ0v) is 10.9. The van der Waals surface area contributed by atoms with Gasteiger partial charge in [-0.3, -0.25) is 4.79 Å². The predicted molar refractivity (Wildman–Crippen MR) is 65.8 cm³/mol. The maximum Gasteiger partial charge on any atom is 0.254 e. The van der Waals surface area contributed by atoms with Gasteiger partial charge < -0.3 is 9.73 Å². The Labute approximate surface area is 104 Å². The predicted octanol–water partition coefficient (Wildman–Crippen LogP) is 2.88. The summed E-state index contributed by atoms with van der Waals surface area (Å²) in [5, 5.41) is 2.97. The van der Waals surface area contributed by atoms with Crippen LogP contribution in [-0.4, -0.2) is 17.3 Å². The molecule has 1 aromatic rings. The molecule has 1 N–H and O–H groups in total. The number of hydrogen-bond donors (Lipinski definition) is 1. The minimum absolute atomic E-state index is 0.0238. The highest BCUT2D eigenvalue weighted by Crippen LogP contribution is 2.30. The highest BCUT2D eigenvalue weighted by Gasteiger charge is 2.23. The van der Waals surface area contributed by atoms with E-state index in [4.69, 9.17) is 4.42 Å². The molecule has 88 valence electrons. The third-order valence-electron chi connectivity index (χ3n) is 3.13. The number of hydrogen-bond acceptors (Lipinski definition) is 2. The van der Waals surface area contributed by atoms with Crippen molar-refractivity contribution in [2.24, 2.45) is 5.92 Å². The molecule has 2 unspecified atom stereocenters. The van der Waals surface area contributed by atoms with Crippen LogP contribution < -0.4 is 5.32 Å². The number of rotatable bonds is 3. The van der Waals surface area contributed by atoms with Crippen molar-refractivity contribution in [3.05, 3.63) is 23.7 Å². The summed E-state index contributed by atoms with van der Waals surface area (Å²) in [6.45, 7) is 2.57. The lowest BCUT2D eigenvalue weighted by atomic mass is 10.1. The molecule has 0 bridgehead atoms. The maximum absolute atomic E-state index is 11.8. The first-order chi connectivity index (χ1) is 7.66. The SMILES string of the molecule is Cc1occc1C(=O)NCC1CCC(Br)C1. The smallest absolute Gasteiger partial charge is 0.254 e. The van der Waals surface area contributed by atoms with Gasteiger partial charge in [-0.1, -0.05) is 15.9 Å². The quantitative estimate of drug-likeness (QED) is 0.868. The van der Waals surface area contributed by atoms with Crippen LogP contribution in [0, 0.1) is 12.8 Å². The number of carbonyl (C=O) groups is 1. The summed E-state index contributed by atoms with van der Waals surface area (Å²) >= 11 is 3.61. The van der Waals surface area contributed by atoms with E-state index in [0.717, 1.165) is 13.0 Å². The van der Waals surface area contributed by atoms with E-state index in [2.05, 4.69) is 21.2 Å². The molecule has 1 aromatic heterocycles. The number of amides is 1. The Morgan fingerprint density at radius 3 is 3.00 bits per heavy atom. The van der Waals surface area contributed by atoms with Gasteiger partial charge in [0.15, 0.2) is 0 Å². The summed E-state index contributed by atoms with van der Waals surface area (Å²) in [6.07, 6.45) is 5.12. The molecule has 1 heterocycles. The Balaban J connectivity index is 1.82. The lowest BCUT2D eigenvalue weighted by molar-refractivity contribution is 0.0946. The molecular formula is C12H16BrNO2. The number of carbonyl (C=O) groups excluding carboxylic acids is 1. The van der Waals surface area contributed by atoms with Crippen molar-refractivity contribution in [2.75, 3.05) is 6.54 Å². The van der Waals surface area contributed by atoms with Gasteiger partial charge in [-0.25, -0.2) is 0 Å². The van der Waals surface area contributed by atoms with Crippen LogP contribution >= 0.6 is 15.9 Å². The molecule has 1 aliphatic carbocycles. The van der Waals surface area contributed by atoms with Gasteiger partial charge in [0.05, 0.1) is 11.8 Å². The van der Waals surface area contributed by atoms with Crippen LogP contribution in [0.15, 0.2) is 16.7 Å². The van der Waals surface area contributed by atoms with E-state index in [0.29, 0.717) is 22.1 Å². The van der Waals surface area contributed by atoms with E-state index in [1.54, 1.807) is 19.3 Å². The fourth-order valence-electron chi connectivity index (χ4n) is 2.15. The zero-order chi connectivity index (χ0) is 11.5. The van der Waals surface area contributed by atoms with Crippen molar-refractivity contribution in [3.8, 4) is 0 Å². The molecular weight excluding hydrogens is 270 g/mol. The molecule has 4 heteroatoms. The molecule has 1 amide bonds. The van der Waals surface area contributed by atoms with Gasteiger partial charge >= 0.3 is 0 Å². The normalized spacial score (nSPS) is 24.6. The lowest BCUT2D eigenvalue weighted by Crippen LogP contribution is -2.28. The van der Waals surface area contributed by atoms with Crippen LogP contribution in [0.1, 0.15) is 35.4 Å². The Morgan fingerprint density at radius 2 is 2.44 bits per heavy atom. The first-order valence-corrected chi connectivity index (χ1v) is 6.54. The van der Waals surface area contributed by atoms with Gasteiger partial charge in [0.1, 0.15) is 5.76 Å². The zero-order valence-electron chi connectivity index (χ0n) is 9.33. The van der Waals surface area contributed by atoms with Gasteiger partial charge in [-0.15, -0.1) is 0 Å². The largest absolute Gasteiger partial charge is 0.469 e. The summed E-state index contributed by atoms with van der Waals surface area (Å²) in [7, 11) is 0. The molecule has 0 saturated heterocycles. The topological polar surface area (TPSA) is 42.2 Å². The van der Waals surface area contributed by atoms with Crippen LogP contribution in [0.3, 0.4) is 0 Å². The maximum atomic E-state index is 11.8. The summed E-state index contributed by atoms with van der Waals surface area (Å²) in [4.78, 5) is 12.4. The first kappa shape index (κ1) is 11.7. The van der Waals surface area contributed by atoms with Gasteiger partial charge in [0.25, 0.3) is 5.91 Å². The Kier molecular flexibility index (Phi) is 3.69. The van der Waals surface area contributed by atoms with Gasteiger partial charge in [0, 0.05) is 11.4 Å². The Bertz CT molecular complexity index is 375. The molecule has 0 aromatic carbocycles. The molecule has 2 rings (SSSR count). The number of furan rings is 1. The fourth-order valence-corrected chi connectivity index (χ4v) is 2.95. The van der Waals surface area contributed by atoms with E-state index in [1.165, 1.54) is 12.8 Å². The molecule has 0 radical (unpaired) electrons. The van der Waals surface area contributed by atoms with Gasteiger partial charge in [-0.2, -0.15) is 0 Å². The number of alkyl halides is 1. The van der Waals surface area contributed by atoms with Crippen molar-refractivity contribution in [2.45, 2.75) is 31.0 Å². The first-order valence-electron chi connectivity index (χ1n) is 5.63. The molecule has 3 nitrogen and oxygen atoms in total. The molecule has 16 heavy (non-hydrogen) atoms. The second-order valence-corrected chi connectivity index (χ2v) is 5.67. The van der Waals surface area contributed by atoms with Crippen molar-refractivity contribution in [1.29, 1.82) is 0 Å². The molecule has 0 spiro atoms. The van der Waals surface area contributed by atoms with Crippen LogP contribution in [0.25, 0.3) is 0 Å². The second-order valence-electron chi connectivity index (χ2n) is 4.38. The van der Waals surface area contributed by atoms with Gasteiger partial charge in [0.2, 0.25) is 0 Å². The van der Waals surface area contributed by atoms with E-state index in [9.17, 15) is 4.79 Å². The summed E-state index contributed by atoms with van der Waals surface area (Å²) in [5.41, 5.74) is 0.647. The Hall–Kier alpha value is -0.770. The number of halogens is 1. The summed E-state index contributed by atoms with van der Waals surface area (Å²) in [6, 6.07) is 1.71. The van der Waals surface area contributed by atoms with Crippen molar-refractivity contribution in [3.63, 3.8) is 0 Å². The van der Waals surface area contributed by atoms with E-state index in [-0.39, 0.29) is 5.91 Å². The monoisotopic (exact) mass is 285 g/mol. The van der Waals surface area contributed by atoms with E-state index < -0.39 is 0 Å². The Morgan fingerprint density at radius 1 is 1.62 bits per heavy atom. The van der Waals surface area contributed by atoms with Crippen LogP contribution in [0.4, 0.5) is 0 Å². The second kappa shape index (κ2) is 5.04. The minimum Gasteiger partial charge on any atom is -0.469 e. The average Bonchev–Trinajstić information content (AvgIpc) is 2.84. The molecule has 1 aliphatic rings. The van der Waals surface area contributed by atoms with Crippen molar-refractivity contribution in [1.82, 2.24) is 5.32 Å². The van der Waals surface area contributed by atoms with Crippen LogP contribution in [0.5, 0.6) is 0 Å². The van der Waals surface area contributed by atoms with Crippen LogP contribution in [0.2, 0.25) is 0 Å². The molecule has 0 aliphatic heterocycles. The summed E-state index contributed by atoms with van der Waals surface area (Å²) < 4.78 is 5.11. The standard InChI is InChI=1S/C12H16BrNO2/c1-8-11(4-5-16-8)12(15)14-7-9-2-3-10(13)6-9/h4-5,9-10H,2-3,6-7H2,1H3,(H,14,15). The molecule has 2 atom stereocenters. The fraction of sp³-hybridized carbons (Fsp3) is 0.583. The number of nitrogens with one attached hydrogen (secondary N) is 1. The highest BCUT2D eigenvalue weighted by molar-refractivity contribution is 9.09. The van der Waals surface area contributed by atoms with E-state index >= 15 is 0 Å².